The molecule has 2 aromatic carbocycles. The SMILES string of the molecule is CCCCCC1(CCCCC)O[C@@H]2[C@H]3ON(Cc4ccccc4C=COCCO)[C@H]4C(=O)OC(CC34C(=O)N(C)[C@H](Cc3ccccc3)C(=O)NCCO)[C@@H]2O1. The lowest BCUT2D eigenvalue weighted by Crippen LogP contribution is -2.70. The lowest BCUT2D eigenvalue weighted by atomic mass is 9.62. The summed E-state index contributed by atoms with van der Waals surface area (Å²) in [5.41, 5.74) is 0.975. The minimum Gasteiger partial charge on any atom is -0.499 e. The summed E-state index contributed by atoms with van der Waals surface area (Å²) in [6.07, 6.45) is 7.79. The van der Waals surface area contributed by atoms with Crippen LogP contribution in [0.2, 0.25) is 0 Å². The number of nitrogens with zero attached hydrogens (tertiary/aromatic N) is 2. The van der Waals surface area contributed by atoms with E-state index in [2.05, 4.69) is 19.2 Å². The highest BCUT2D eigenvalue weighted by atomic mass is 16.8. The second-order valence-corrected chi connectivity index (χ2v) is 15.4. The minimum atomic E-state index is -1.48. The fourth-order valence-corrected chi connectivity index (χ4v) is 8.94. The van der Waals surface area contributed by atoms with Gasteiger partial charge in [-0.25, -0.2) is 0 Å². The predicted molar refractivity (Wildman–Crippen MR) is 207 cm³/mol. The summed E-state index contributed by atoms with van der Waals surface area (Å²) in [5.74, 6) is -2.35. The highest BCUT2D eigenvalue weighted by Gasteiger charge is 2.76. The maximum atomic E-state index is 15.5. The Hall–Kier alpha value is -3.85. The number of rotatable bonds is 21. The summed E-state index contributed by atoms with van der Waals surface area (Å²) in [6.45, 7) is 4.23. The van der Waals surface area contributed by atoms with Crippen LogP contribution in [0.15, 0.2) is 60.9 Å². The van der Waals surface area contributed by atoms with Crippen LogP contribution < -0.4 is 5.32 Å². The van der Waals surface area contributed by atoms with Gasteiger partial charge in [0.05, 0.1) is 26.0 Å². The van der Waals surface area contributed by atoms with Gasteiger partial charge in [0.15, 0.2) is 11.8 Å². The average Bonchev–Trinajstić information content (AvgIpc) is 3.76. The summed E-state index contributed by atoms with van der Waals surface area (Å²) in [4.78, 5) is 52.1. The molecule has 2 amide bonds. The third-order valence-corrected chi connectivity index (χ3v) is 11.7. The lowest BCUT2D eigenvalue weighted by Gasteiger charge is -2.50. The Morgan fingerprint density at radius 3 is 2.38 bits per heavy atom. The molecule has 3 heterocycles. The molecule has 1 saturated carbocycles. The third-order valence-electron chi connectivity index (χ3n) is 11.7. The Bertz CT molecular complexity index is 1650. The van der Waals surface area contributed by atoms with E-state index < -0.39 is 65.5 Å². The number of hydrogen-bond acceptors (Lipinski definition) is 11. The number of fused-ring (bicyclic) bond motifs is 4. The second kappa shape index (κ2) is 19.1. The van der Waals surface area contributed by atoms with Crippen LogP contribution in [0.4, 0.5) is 0 Å². The molecule has 13 heteroatoms. The Morgan fingerprint density at radius 1 is 0.982 bits per heavy atom. The molecule has 2 aromatic rings. The molecule has 1 aliphatic carbocycles. The molecule has 0 radical (unpaired) electrons. The van der Waals surface area contributed by atoms with Crippen molar-refractivity contribution in [3.05, 3.63) is 77.5 Å². The first kappa shape index (κ1) is 41.8. The molecule has 4 aliphatic rings. The number of nitrogens with one attached hydrogen (secondary N) is 1. The fraction of sp³-hybridized carbons (Fsp3) is 0.605. The highest BCUT2D eigenvalue weighted by molar-refractivity contribution is 5.96. The smallest absolute Gasteiger partial charge is 0.327 e. The number of hydroxylamine groups is 2. The van der Waals surface area contributed by atoms with Crippen molar-refractivity contribution in [3.63, 3.8) is 0 Å². The number of amides is 2. The van der Waals surface area contributed by atoms with E-state index in [9.17, 15) is 19.8 Å². The number of carbonyl (C=O) groups excluding carboxylic acids is 3. The number of esters is 1. The summed E-state index contributed by atoms with van der Waals surface area (Å²) in [7, 11) is 1.60. The molecule has 2 bridgehead atoms. The van der Waals surface area contributed by atoms with Crippen molar-refractivity contribution in [2.24, 2.45) is 5.41 Å². The van der Waals surface area contributed by atoms with Crippen LogP contribution >= 0.6 is 0 Å². The molecule has 0 aromatic heterocycles. The number of benzene rings is 2. The predicted octanol–water partition coefficient (Wildman–Crippen LogP) is 4.29. The summed E-state index contributed by atoms with van der Waals surface area (Å²) in [6, 6.07) is 14.9. The number of hydrogen-bond donors (Lipinski definition) is 3. The maximum absolute atomic E-state index is 15.5. The van der Waals surface area contributed by atoms with Crippen LogP contribution in [0.25, 0.3) is 6.08 Å². The standard InChI is InChI=1S/C43H59N3O10/c1-4-6-13-20-42(21-14-7-5-2)54-35-34-28-43(41(51)45(3)33(39(49)44-22-23-47)27-30-15-9-8-10-16-30)37(40(50)53-34)46(56-38(43)36(35)55-42)29-32-18-12-11-17-31(32)19-25-52-26-24-48/h8-12,15-19,25,33-38,47-48H,4-7,13-14,20-24,26-29H2,1-3H3,(H,44,49)/t33-,34?,35+,36+,37+,38-,43?/m1/s1. The first-order valence-corrected chi connectivity index (χ1v) is 20.4. The van der Waals surface area contributed by atoms with Crippen LogP contribution in [0, 0.1) is 5.41 Å². The van der Waals surface area contributed by atoms with Gasteiger partial charge in [-0.15, -0.1) is 0 Å². The van der Waals surface area contributed by atoms with Crippen molar-refractivity contribution in [2.45, 2.75) is 127 Å². The van der Waals surface area contributed by atoms with Gasteiger partial charge in [0.25, 0.3) is 0 Å². The van der Waals surface area contributed by atoms with Crippen LogP contribution in [0.5, 0.6) is 0 Å². The zero-order valence-corrected chi connectivity index (χ0v) is 33.0. The van der Waals surface area contributed by atoms with E-state index >= 15 is 4.79 Å². The molecule has 6 rings (SSSR count). The maximum Gasteiger partial charge on any atom is 0.327 e. The van der Waals surface area contributed by atoms with E-state index in [0.29, 0.717) is 12.8 Å². The quantitative estimate of drug-likeness (QED) is 0.0945. The number of likely N-dealkylation sites (N-methyl/N-ethyl adjacent to an activating group) is 1. The van der Waals surface area contributed by atoms with Gasteiger partial charge in [-0.05, 0) is 35.6 Å². The zero-order valence-electron chi connectivity index (χ0n) is 33.0. The van der Waals surface area contributed by atoms with Crippen molar-refractivity contribution in [3.8, 4) is 0 Å². The van der Waals surface area contributed by atoms with Crippen LogP contribution in [-0.2, 0) is 51.1 Å². The molecule has 56 heavy (non-hydrogen) atoms. The molecule has 3 N–H and O–H groups in total. The third kappa shape index (κ3) is 8.68. The fourth-order valence-electron chi connectivity index (χ4n) is 8.94. The van der Waals surface area contributed by atoms with Crippen LogP contribution in [0.1, 0.15) is 88.3 Å². The van der Waals surface area contributed by atoms with Crippen molar-refractivity contribution in [2.75, 3.05) is 33.4 Å². The van der Waals surface area contributed by atoms with Gasteiger partial charge in [0, 0.05) is 39.3 Å². The van der Waals surface area contributed by atoms with Gasteiger partial charge in [0.1, 0.15) is 42.5 Å². The van der Waals surface area contributed by atoms with E-state index in [0.717, 1.165) is 55.2 Å². The molecular weight excluding hydrogens is 718 g/mol. The second-order valence-electron chi connectivity index (χ2n) is 15.4. The topological polar surface area (TPSA) is 156 Å². The molecule has 3 saturated heterocycles. The highest BCUT2D eigenvalue weighted by Crippen LogP contribution is 2.58. The largest absolute Gasteiger partial charge is 0.499 e. The number of aliphatic hydroxyl groups excluding tert-OH is 2. The first-order chi connectivity index (χ1) is 27.2. The Labute approximate surface area is 330 Å². The Balaban J connectivity index is 1.40. The number of aliphatic hydroxyl groups is 2. The number of unbranched alkanes of at least 4 members (excludes halogenated alkanes) is 4. The lowest BCUT2D eigenvalue weighted by molar-refractivity contribution is -0.225. The van der Waals surface area contributed by atoms with E-state index in [1.165, 1.54) is 11.2 Å². The van der Waals surface area contributed by atoms with E-state index in [-0.39, 0.29) is 45.8 Å². The monoisotopic (exact) mass is 777 g/mol. The van der Waals surface area contributed by atoms with Crippen molar-refractivity contribution in [1.29, 1.82) is 0 Å². The van der Waals surface area contributed by atoms with Gasteiger partial charge in [-0.1, -0.05) is 94.1 Å². The first-order valence-electron chi connectivity index (χ1n) is 20.4. The zero-order chi connectivity index (χ0) is 39.7. The molecule has 306 valence electrons. The summed E-state index contributed by atoms with van der Waals surface area (Å²) < 4.78 is 25.6. The molecule has 2 unspecified atom stereocenters. The van der Waals surface area contributed by atoms with Crippen LogP contribution in [0.3, 0.4) is 0 Å². The number of ether oxygens (including phenoxy) is 4. The van der Waals surface area contributed by atoms with Crippen molar-refractivity contribution in [1.82, 2.24) is 15.3 Å². The Kier molecular flexibility index (Phi) is 14.2. The molecule has 13 nitrogen and oxygen atoms in total. The van der Waals surface area contributed by atoms with Gasteiger partial charge in [-0.2, -0.15) is 5.06 Å². The van der Waals surface area contributed by atoms with E-state index in [4.69, 9.17) is 23.8 Å². The van der Waals surface area contributed by atoms with Gasteiger partial charge in [-0.3, -0.25) is 19.2 Å². The molecule has 3 aliphatic heterocycles. The molecular formula is C43H59N3O10. The summed E-state index contributed by atoms with van der Waals surface area (Å²) in [5, 5.41) is 23.1. The molecule has 4 fully saturated rings. The molecule has 7 atom stereocenters. The van der Waals surface area contributed by atoms with Crippen LogP contribution in [-0.4, -0.2) is 114 Å². The summed E-state index contributed by atoms with van der Waals surface area (Å²) >= 11 is 0. The van der Waals surface area contributed by atoms with Crippen molar-refractivity contribution >= 4 is 23.9 Å². The minimum absolute atomic E-state index is 0.0276. The Morgan fingerprint density at radius 2 is 1.68 bits per heavy atom. The van der Waals surface area contributed by atoms with Gasteiger partial charge in [0.2, 0.25) is 11.8 Å². The average molecular weight is 778 g/mol. The van der Waals surface area contributed by atoms with Gasteiger partial charge >= 0.3 is 5.97 Å². The normalized spacial score (nSPS) is 26.8. The van der Waals surface area contributed by atoms with E-state index in [1.807, 2.05) is 54.6 Å². The van der Waals surface area contributed by atoms with Crippen molar-refractivity contribution < 1.29 is 48.4 Å². The molecule has 0 spiro atoms. The van der Waals surface area contributed by atoms with E-state index in [1.54, 1.807) is 18.2 Å². The van der Waals surface area contributed by atoms with Gasteiger partial charge < -0.3 is 39.4 Å². The number of carbonyl (C=O) groups is 3.